The van der Waals surface area contributed by atoms with Crippen LogP contribution < -0.4 is 39.0 Å². The average Bonchev–Trinajstić information content (AvgIpc) is 1.67. The van der Waals surface area contributed by atoms with E-state index in [9.17, 15) is 9.59 Å². The van der Waals surface area contributed by atoms with Gasteiger partial charge >= 0.3 is 30.2 Å². The molecule has 1 atom stereocenters. The summed E-state index contributed by atoms with van der Waals surface area (Å²) in [7, 11) is -0.381. The maximum absolute atomic E-state index is 10.2. The largest absolute Gasteiger partial charge is 2.00 e. The molecule has 0 spiro atoms. The number of aldehydes is 1. The number of hydrazine groups is 1. The number of carbonyl (C=O) groups is 2. The molecule has 11 rings (SSSR count). The number of ether oxygens (including phenoxy) is 1. The van der Waals surface area contributed by atoms with E-state index in [-0.39, 0.29) is 61.6 Å². The van der Waals surface area contributed by atoms with Gasteiger partial charge < -0.3 is 69.9 Å². The monoisotopic (exact) mass is 1870 g/mol. The number of Topliss-reactive ketones (excluding diaryl/α,β-unsaturated/α-hetero) is 1. The number of nitrogens with zero attached hydrogens (tertiary/aromatic N) is 13. The van der Waals surface area contributed by atoms with Gasteiger partial charge in [0.25, 0.3) is 0 Å². The molecule has 10 N–H and O–H groups in total. The van der Waals surface area contributed by atoms with E-state index in [4.69, 9.17) is 47.5 Å². The third-order valence-electron chi connectivity index (χ3n) is 18.4. The van der Waals surface area contributed by atoms with E-state index in [1.165, 1.54) is 126 Å². The van der Waals surface area contributed by atoms with E-state index in [1.54, 1.807) is 45.4 Å². The summed E-state index contributed by atoms with van der Waals surface area (Å²) in [5.74, 6) is 17.7. The van der Waals surface area contributed by atoms with Crippen molar-refractivity contribution < 1.29 is 59.9 Å². The Balaban J connectivity index is -0.000000202. The molecule has 8 aromatic rings. The van der Waals surface area contributed by atoms with E-state index in [2.05, 4.69) is 252 Å². The summed E-state index contributed by atoms with van der Waals surface area (Å²) in [5, 5.41) is 59.1. The topological polar surface area (TPSA) is 324 Å². The summed E-state index contributed by atoms with van der Waals surface area (Å²) < 4.78 is 16.7. The zero-order valence-electron chi connectivity index (χ0n) is 77.2. The predicted molar refractivity (Wildman–Crippen MR) is 513 cm³/mol. The van der Waals surface area contributed by atoms with Crippen LogP contribution in [-0.4, -0.2) is 191 Å². The fourth-order valence-electron chi connectivity index (χ4n) is 12.1. The summed E-state index contributed by atoms with van der Waals surface area (Å²) in [6.45, 7) is 57.9. The number of hydrogen-bond donors (Lipinski definition) is 7. The SMILES string of the molecule is C.C1CCOC1.CC#CC(=O)CC.CC#CC(O)CC.CCC=O.CCNN.CCc1cc(C)n(CC)n1.CCc1nn(CC)c(C)c1-c1ccncc1.CCc1nn(CC)c(C)c1C1=CCN(Cc2ccccc2)CC1.CCc1nn(CC)c(C)c1C1CCNCC1.CCc1nn(CC)c(C)c1I.CO.O.OB(O)c1ccncc1.[2HH].[2HH].[Br-].[C-]#CC.[Mg+2]. The minimum atomic E-state index is -1.38. The molecule has 3 aliphatic rings. The molecular weight excluding hydrogens is 1710 g/mol. The second kappa shape index (κ2) is 78.9. The zero-order valence-corrected chi connectivity index (χ0v) is 82.4. The maximum Gasteiger partial charge on any atom is 2.00 e. The van der Waals surface area contributed by atoms with Crippen molar-refractivity contribution in [3.63, 3.8) is 0 Å². The number of aliphatic hydroxyl groups excluding tert-OH is 2. The molecule has 2 saturated heterocycles. The van der Waals surface area contributed by atoms with Crippen molar-refractivity contribution in [2.75, 3.05) is 53.0 Å². The van der Waals surface area contributed by atoms with E-state index in [1.807, 2.05) is 55.9 Å². The van der Waals surface area contributed by atoms with Crippen molar-refractivity contribution in [2.24, 2.45) is 5.84 Å². The second-order valence-electron chi connectivity index (χ2n) is 26.5. The first-order chi connectivity index (χ1) is 56.4. The number of aryl methyl sites for hydroxylation is 11. The Morgan fingerprint density at radius 3 is 1.48 bits per heavy atom. The van der Waals surface area contributed by atoms with Gasteiger partial charge in [-0.05, 0) is 266 Å². The molecule has 3 aliphatic heterocycles. The van der Waals surface area contributed by atoms with Crippen LogP contribution in [0.25, 0.3) is 16.7 Å². The average molecular weight is 1870 g/mol. The molecule has 121 heavy (non-hydrogen) atoms. The predicted octanol–water partition coefficient (Wildman–Crippen LogP) is 11.8. The standard InChI is InChI=1S/C20H27N3.C13H23N3.C13H17N3.C8H13IN2.C8H14N2.C6H10O.C6H8O.C5H6BNO2.C4H8O.C3H6O.C3H3.C2H8N2.CH4O.CH4.BrH.Mg.H2O.2H2/c1-4-19-20(16(3)23(5-2)21-19)18-11-13-22(14-12-18)15-17-9-7-6-8-10-17;2*1-4-12-13(10(3)16(5-2)15-12)11-6-8-14-9-7-11;1-4-7-8(9)6(3)11(5-2)10-7;1-4-8-6-7(3)10(5-2)9-8;2*1-3-5-6(7)4-2;8-6(9)5-1-3-7-4-2-5;1-2-4-5-3-1;1-2-3-4;1-3-2;1-2-4-3;1-2;;;;;;/h6-11H,4-5,12-15H2,1-3H3;11,14H,4-9H2,1-3H3;6-9H,4-5H2,1-3H3;4-5H2,1-3H3;6H,4-5H2,1-3H3;6-7H,4H2,1-2H3;4H2,1-2H3;1-4,8-9H;1-4H2;3H,2H2,1H3;1H3;4H,2-3H2,1H3;2H,1H3;1H4;1H;;1H2;2*1H/q;;;;;;;;;;-1;;;;;+2;;;/p-1/i;;;;;;;;;;;;;;;;;2*1+1. The number of halogens is 2. The third-order valence-corrected chi connectivity index (χ3v) is 19.8. The molecule has 0 amide bonds. The molecule has 24 nitrogen and oxygen atoms in total. The Kier molecular flexibility index (Phi) is 81.4. The zero-order chi connectivity index (χ0) is 88.5. The first-order valence-electron chi connectivity index (χ1n) is 42.0. The van der Waals surface area contributed by atoms with E-state index in [0.717, 1.165) is 149 Å². The van der Waals surface area contributed by atoms with Gasteiger partial charge in [-0.15, -0.1) is 5.92 Å². The number of carbonyl (C=O) groups excluding carboxylic acids is 2. The maximum atomic E-state index is 10.2. The molecule has 1 unspecified atom stereocenters. The molecule has 0 saturated carbocycles. The van der Waals surface area contributed by atoms with Gasteiger partial charge in [0, 0.05) is 159 Å². The van der Waals surface area contributed by atoms with Gasteiger partial charge in [0.15, 0.2) is 0 Å². The molecule has 676 valence electrons. The first kappa shape index (κ1) is 125. The van der Waals surface area contributed by atoms with Gasteiger partial charge in [-0.1, -0.05) is 118 Å². The van der Waals surface area contributed by atoms with Gasteiger partial charge in [0.2, 0.25) is 5.78 Å². The van der Waals surface area contributed by atoms with E-state index in [0.29, 0.717) is 18.3 Å². The second-order valence-corrected chi connectivity index (χ2v) is 27.6. The summed E-state index contributed by atoms with van der Waals surface area (Å²) in [5.41, 5.74) is 23.9. The molecule has 7 aromatic heterocycles. The number of pyridine rings is 2. The number of nitrogens with two attached hydrogens (primary N) is 1. The summed E-state index contributed by atoms with van der Waals surface area (Å²) >= 11 is 2.37. The Labute approximate surface area is 773 Å². The minimum Gasteiger partial charge on any atom is -1.00 e. The molecule has 28 heteroatoms. The number of nitrogens with one attached hydrogen (secondary N) is 2. The summed E-state index contributed by atoms with van der Waals surface area (Å²) in [6.07, 6.45) is 28.7. The minimum absolute atomic E-state index is 0. The Morgan fingerprint density at radius 1 is 0.686 bits per heavy atom. The summed E-state index contributed by atoms with van der Waals surface area (Å²) in [6, 6.07) is 20.1. The van der Waals surface area contributed by atoms with Crippen LogP contribution in [0.2, 0.25) is 0 Å². The Hall–Kier alpha value is -7.03. The molecular formula is C93H157BBrIMgN16O8. The summed E-state index contributed by atoms with van der Waals surface area (Å²) in [4.78, 5) is 29.7. The molecule has 0 bridgehead atoms. The van der Waals surface area contributed by atoms with Crippen LogP contribution in [0.4, 0.5) is 0 Å². The number of benzene rings is 1. The number of aliphatic hydroxyl groups is 2. The van der Waals surface area contributed by atoms with E-state index < -0.39 is 13.2 Å². The third kappa shape index (κ3) is 49.3. The normalized spacial score (nSPS) is 11.9. The first-order valence-corrected chi connectivity index (χ1v) is 43.1. The van der Waals surface area contributed by atoms with Crippen molar-refractivity contribution in [1.29, 1.82) is 0 Å². The molecule has 10 heterocycles. The van der Waals surface area contributed by atoms with Crippen molar-refractivity contribution >= 4 is 75.9 Å². The van der Waals surface area contributed by atoms with Gasteiger partial charge in [0.05, 0.1) is 32.0 Å². The fourth-order valence-corrected chi connectivity index (χ4v) is 12.9. The van der Waals surface area contributed by atoms with Crippen molar-refractivity contribution in [3.05, 3.63) is 175 Å². The van der Waals surface area contributed by atoms with Gasteiger partial charge in [-0.25, -0.2) is 0 Å². The fraction of sp³-hybridized carbons (Fsp3) is 0.559. The molecule has 1 aromatic carbocycles. The number of hydrogen-bond acceptors (Lipinski definition) is 18. The van der Waals surface area contributed by atoms with Gasteiger partial charge in [-0.2, -0.15) is 25.5 Å². The molecule has 0 aliphatic carbocycles. The van der Waals surface area contributed by atoms with E-state index >= 15 is 0 Å². The Bertz CT molecular complexity index is 4080. The molecule has 2 fully saturated rings. The number of piperidine rings is 1. The number of ketones is 1. The van der Waals surface area contributed by atoms with Crippen molar-refractivity contribution in [1.82, 2.24) is 74.5 Å². The van der Waals surface area contributed by atoms with Crippen LogP contribution in [0.15, 0.2) is 91.5 Å². The van der Waals surface area contributed by atoms with Crippen molar-refractivity contribution in [2.45, 2.75) is 295 Å². The van der Waals surface area contributed by atoms with Gasteiger partial charge in [-0.3, -0.25) is 54.3 Å². The van der Waals surface area contributed by atoms with Crippen LogP contribution in [-0.2, 0) is 85.7 Å². The van der Waals surface area contributed by atoms with Crippen LogP contribution in [0, 0.1) is 74.2 Å². The van der Waals surface area contributed by atoms with Crippen LogP contribution in [0.5, 0.6) is 0 Å². The number of rotatable bonds is 20. The van der Waals surface area contributed by atoms with Gasteiger partial charge in [0.1, 0.15) is 12.4 Å². The smallest absolute Gasteiger partial charge is 1.00 e. The van der Waals surface area contributed by atoms with Crippen molar-refractivity contribution in [3.8, 4) is 40.7 Å². The van der Waals surface area contributed by atoms with Crippen LogP contribution in [0.3, 0.4) is 0 Å². The van der Waals surface area contributed by atoms with Crippen LogP contribution >= 0.6 is 22.6 Å². The quantitative estimate of drug-likeness (QED) is 0.00545. The van der Waals surface area contributed by atoms with Crippen LogP contribution in [0.1, 0.15) is 259 Å². The molecule has 0 radical (unpaired) electrons. The Morgan fingerprint density at radius 2 is 1.14 bits per heavy atom. The number of aromatic nitrogens is 12.